The molecule has 7 aromatic rings. The molecule has 1 aliphatic rings. The average Bonchev–Trinajstić information content (AvgIpc) is 3.38. The number of benzene rings is 7. The maximum absolute atomic E-state index is 5.88. The summed E-state index contributed by atoms with van der Waals surface area (Å²) >= 11 is -0.445. The Bertz CT molecular complexity index is 2340. The van der Waals surface area contributed by atoms with E-state index in [0.717, 1.165) is 50.7 Å². The van der Waals surface area contributed by atoms with Gasteiger partial charge in [0, 0.05) is 21.7 Å². The van der Waals surface area contributed by atoms with Gasteiger partial charge in [-0.15, -0.1) is 0 Å². The molecule has 0 radical (unpaired) electrons. The first-order valence-corrected chi connectivity index (χ1v) is 27.8. The van der Waals surface area contributed by atoms with Gasteiger partial charge in [0.25, 0.3) is 0 Å². The topological polar surface area (TPSA) is 46.2 Å². The third kappa shape index (κ3) is 14.9. The average molecular weight is 1020 g/mol. The third-order valence-electron chi connectivity index (χ3n) is 11.0. The van der Waals surface area contributed by atoms with Crippen molar-refractivity contribution in [2.24, 2.45) is 0 Å². The molecular weight excluding hydrogens is 956 g/mol. The number of fused-ring (bicyclic) bond motifs is 1. The van der Waals surface area contributed by atoms with Gasteiger partial charge in [-0.3, -0.25) is 0 Å². The van der Waals surface area contributed by atoms with Crippen LogP contribution in [0, 0.1) is 7.14 Å². The van der Waals surface area contributed by atoms with Crippen LogP contribution in [0.5, 0.6) is 28.7 Å². The fraction of sp³-hybridized carbons (Fsp3) is 0.298. The monoisotopic (exact) mass is 1020 g/mol. The van der Waals surface area contributed by atoms with Crippen LogP contribution < -0.4 is 44.9 Å². The zero-order chi connectivity index (χ0) is 45.5. The summed E-state index contributed by atoms with van der Waals surface area (Å²) in [7, 11) is 7.18. The van der Waals surface area contributed by atoms with Crippen LogP contribution in [-0.2, 0) is 21.8 Å². The van der Waals surface area contributed by atoms with E-state index in [1.807, 2.05) is 12.1 Å². The van der Waals surface area contributed by atoms with E-state index >= 15 is 0 Å². The van der Waals surface area contributed by atoms with E-state index in [9.17, 15) is 0 Å². The summed E-state index contributed by atoms with van der Waals surface area (Å²) in [6.07, 6.45) is 12.0. The van der Waals surface area contributed by atoms with Crippen molar-refractivity contribution >= 4 is 32.6 Å². The molecule has 0 spiro atoms. The molecule has 65 heavy (non-hydrogen) atoms. The molecule has 0 N–H and O–H groups in total. The Morgan fingerprint density at radius 2 is 1.03 bits per heavy atom. The molecule has 0 bridgehead atoms. The SMILES string of the molecule is CCCCCCCCOc1ccc([I-]c2c(OC)cc(OC)cc2OC)cc1.COc1ccc([S+](c2ccccc2)c2ccccc2)c2ccccc12.c1ccc([S+]2CCCCC2)cc1. The molecule has 8 rings (SSSR count). The predicted molar refractivity (Wildman–Crippen MR) is 270 cm³/mol. The Balaban J connectivity index is 0.000000173. The molecule has 5 nitrogen and oxygen atoms in total. The van der Waals surface area contributed by atoms with Gasteiger partial charge in [0.05, 0.1) is 18.0 Å². The van der Waals surface area contributed by atoms with Gasteiger partial charge in [-0.1, -0.05) is 79.7 Å². The summed E-state index contributed by atoms with van der Waals surface area (Å²) in [5, 5.41) is 2.41. The number of rotatable bonds is 18. The van der Waals surface area contributed by atoms with Gasteiger partial charge < -0.3 is 4.74 Å². The number of methoxy groups -OCH3 is 4. The molecule has 0 aromatic heterocycles. The largest absolute Gasteiger partial charge is 0.496 e. The summed E-state index contributed by atoms with van der Waals surface area (Å²) in [5.74, 6) is 7.09. The number of halogens is 1. The fourth-order valence-electron chi connectivity index (χ4n) is 7.61. The second kappa shape index (κ2) is 27.6. The van der Waals surface area contributed by atoms with E-state index in [-0.39, 0.29) is 10.9 Å². The number of hydrogen-bond acceptors (Lipinski definition) is 5. The van der Waals surface area contributed by atoms with Crippen LogP contribution in [0.15, 0.2) is 183 Å². The van der Waals surface area contributed by atoms with Gasteiger partial charge in [-0.2, -0.15) is 0 Å². The second-order valence-corrected chi connectivity index (χ2v) is 22.7. The van der Waals surface area contributed by atoms with Crippen molar-refractivity contribution in [2.45, 2.75) is 84.3 Å². The molecule has 0 amide bonds. The maximum atomic E-state index is 5.88. The van der Waals surface area contributed by atoms with Crippen LogP contribution in [0.3, 0.4) is 0 Å². The Hall–Kier alpha value is -4.77. The van der Waals surface area contributed by atoms with E-state index in [2.05, 4.69) is 159 Å². The normalized spacial score (nSPS) is 12.4. The molecule has 0 aliphatic carbocycles. The van der Waals surface area contributed by atoms with Gasteiger partial charge in [0.1, 0.15) is 17.3 Å². The summed E-state index contributed by atoms with van der Waals surface area (Å²) < 4.78 is 30.3. The molecule has 1 fully saturated rings. The van der Waals surface area contributed by atoms with Crippen molar-refractivity contribution in [3.63, 3.8) is 0 Å². The maximum Gasteiger partial charge on any atom is 0.174 e. The Labute approximate surface area is 405 Å². The van der Waals surface area contributed by atoms with Crippen LogP contribution >= 0.6 is 0 Å². The summed E-state index contributed by atoms with van der Waals surface area (Å²) in [4.78, 5) is 5.55. The zero-order valence-corrected chi connectivity index (χ0v) is 42.6. The molecule has 342 valence electrons. The standard InChI is InChI=1S/C23H32IO4.C23H19OS.C11H15S/c1-5-6-7-8-9-10-15-28-19-13-11-18(12-14-19)24-23-21(26-3)16-20(25-2)17-22(23)27-4;1-24-22-16-17-23(21-15-9-8-14-20(21)22)25(18-10-4-2-5-11-18)19-12-6-3-7-13-19;1-3-7-11(8-4-1)12-9-5-2-6-10-12/h11-14,16-17H,5-10,15H2,1-4H3;2-17H,1H3;1,3-4,7-8H,2,5-6,9-10H2/q-1;2*+1. The Kier molecular flexibility index (Phi) is 21.1. The van der Waals surface area contributed by atoms with Gasteiger partial charge in [-0.25, -0.2) is 0 Å². The zero-order valence-electron chi connectivity index (χ0n) is 38.8. The second-order valence-electron chi connectivity index (χ2n) is 15.5. The van der Waals surface area contributed by atoms with Crippen LogP contribution in [0.25, 0.3) is 10.8 Å². The molecule has 0 atom stereocenters. The summed E-state index contributed by atoms with van der Waals surface area (Å²) in [5.41, 5.74) is 0. The molecule has 1 heterocycles. The van der Waals surface area contributed by atoms with Gasteiger partial charge in [-0.05, 0) is 73.9 Å². The van der Waals surface area contributed by atoms with Gasteiger partial charge in [0.15, 0.2) is 19.6 Å². The minimum atomic E-state index is -0.445. The van der Waals surface area contributed by atoms with Crippen LogP contribution in [-0.4, -0.2) is 46.6 Å². The molecule has 1 aliphatic heterocycles. The van der Waals surface area contributed by atoms with Crippen molar-refractivity contribution in [3.8, 4) is 28.7 Å². The van der Waals surface area contributed by atoms with E-state index in [0.29, 0.717) is 10.9 Å². The molecule has 0 unspecified atom stereocenters. The smallest absolute Gasteiger partial charge is 0.174 e. The molecule has 8 heteroatoms. The summed E-state index contributed by atoms with van der Waals surface area (Å²) in [6, 6.07) is 57.5. The Morgan fingerprint density at radius 1 is 0.492 bits per heavy atom. The van der Waals surface area contributed by atoms with E-state index in [1.165, 1.54) is 86.5 Å². The van der Waals surface area contributed by atoms with Crippen LogP contribution in [0.1, 0.15) is 64.7 Å². The number of unbranched alkanes of at least 4 members (excludes halogenated alkanes) is 5. The fourth-order valence-corrected chi connectivity index (χ4v) is 14.8. The van der Waals surface area contributed by atoms with Crippen molar-refractivity contribution in [2.75, 3.05) is 46.6 Å². The first-order chi connectivity index (χ1) is 32.1. The van der Waals surface area contributed by atoms with E-state index in [1.54, 1.807) is 33.3 Å². The number of ether oxygens (including phenoxy) is 5. The van der Waals surface area contributed by atoms with Gasteiger partial charge in [0.2, 0.25) is 0 Å². The van der Waals surface area contributed by atoms with Crippen molar-refractivity contribution in [1.82, 2.24) is 0 Å². The quantitative estimate of drug-likeness (QED) is 0.0487. The van der Waals surface area contributed by atoms with E-state index in [4.69, 9.17) is 23.7 Å². The predicted octanol–water partition coefficient (Wildman–Crippen LogP) is 11.4. The molecule has 0 saturated carbocycles. The minimum Gasteiger partial charge on any atom is -0.496 e. The summed E-state index contributed by atoms with van der Waals surface area (Å²) in [6.45, 7) is 3.04. The minimum absolute atomic E-state index is 0.155. The van der Waals surface area contributed by atoms with Crippen molar-refractivity contribution in [1.29, 1.82) is 0 Å². The molecular formula is C57H66IO5S2+. The third-order valence-corrected chi connectivity index (χ3v) is 18.8. The van der Waals surface area contributed by atoms with Crippen molar-refractivity contribution in [3.05, 3.63) is 171 Å². The van der Waals surface area contributed by atoms with Gasteiger partial charge >= 0.3 is 173 Å². The Morgan fingerprint density at radius 3 is 1.60 bits per heavy atom. The van der Waals surface area contributed by atoms with E-state index < -0.39 is 21.2 Å². The first-order valence-electron chi connectivity index (χ1n) is 22.9. The van der Waals surface area contributed by atoms with Crippen LogP contribution in [0.2, 0.25) is 0 Å². The van der Waals surface area contributed by atoms with Crippen molar-refractivity contribution < 1.29 is 44.9 Å². The molecule has 1 saturated heterocycles. The van der Waals surface area contributed by atoms with Crippen LogP contribution in [0.4, 0.5) is 0 Å². The molecule has 7 aromatic carbocycles. The first kappa shape index (κ1) is 49.7. The number of hydrogen-bond donors (Lipinski definition) is 0.